The fourth-order valence-electron chi connectivity index (χ4n) is 0.530. The molecule has 1 aliphatic heterocycles. The van der Waals surface area contributed by atoms with E-state index in [1.165, 1.54) is 6.21 Å². The molecule has 0 aliphatic carbocycles. The molecular weight excluding hydrogens is 118 g/mol. The summed E-state index contributed by atoms with van der Waals surface area (Å²) in [5.74, 6) is 0. The van der Waals surface area contributed by atoms with Gasteiger partial charge < -0.3 is 10.5 Å². The molecule has 0 radical (unpaired) electrons. The maximum Gasteiger partial charge on any atom is 0.108 e. The number of rotatable bonds is 1. The van der Waals surface area contributed by atoms with Crippen LogP contribution < -0.4 is 5.32 Å². The molecule has 0 spiro atoms. The number of nitrogens with one attached hydrogen (secondary N) is 1. The standard InChI is InChI=1S/C5H7N3O/c9-8-3-5-1-2-6-4-7-5/h1-3,6,9H,4H2. The topological polar surface area (TPSA) is 57.0 Å². The highest BCUT2D eigenvalue weighted by atomic mass is 16.4. The lowest BCUT2D eigenvalue weighted by Crippen LogP contribution is -2.13. The molecule has 0 saturated carbocycles. The van der Waals surface area contributed by atoms with Crippen molar-refractivity contribution in [1.29, 1.82) is 0 Å². The zero-order valence-electron chi connectivity index (χ0n) is 4.78. The molecule has 0 unspecified atom stereocenters. The highest BCUT2D eigenvalue weighted by Crippen LogP contribution is 1.83. The van der Waals surface area contributed by atoms with Gasteiger partial charge in [0.25, 0.3) is 0 Å². The van der Waals surface area contributed by atoms with Crippen LogP contribution in [0.5, 0.6) is 0 Å². The number of aliphatic imine (C=N–C) groups is 1. The summed E-state index contributed by atoms with van der Waals surface area (Å²) in [4.78, 5) is 3.93. The number of hydrogen-bond acceptors (Lipinski definition) is 4. The van der Waals surface area contributed by atoms with Gasteiger partial charge in [-0.2, -0.15) is 0 Å². The molecule has 0 aromatic carbocycles. The molecule has 48 valence electrons. The molecule has 0 aromatic heterocycles. The molecule has 1 rings (SSSR count). The zero-order chi connectivity index (χ0) is 6.53. The summed E-state index contributed by atoms with van der Waals surface area (Å²) in [5.41, 5.74) is 0.677. The Labute approximate surface area is 52.6 Å². The minimum atomic E-state index is 0.553. The summed E-state index contributed by atoms with van der Waals surface area (Å²) in [6.07, 6.45) is 4.77. The van der Waals surface area contributed by atoms with Crippen molar-refractivity contribution < 1.29 is 5.21 Å². The van der Waals surface area contributed by atoms with E-state index in [9.17, 15) is 0 Å². The molecule has 4 nitrogen and oxygen atoms in total. The first kappa shape index (κ1) is 5.81. The third-order valence-electron chi connectivity index (χ3n) is 0.915. The molecule has 0 aromatic rings. The van der Waals surface area contributed by atoms with Gasteiger partial charge in [-0.3, -0.25) is 4.99 Å². The van der Waals surface area contributed by atoms with Crippen LogP contribution >= 0.6 is 0 Å². The van der Waals surface area contributed by atoms with Gasteiger partial charge in [-0.05, 0) is 6.08 Å². The van der Waals surface area contributed by atoms with Gasteiger partial charge in [0, 0.05) is 6.20 Å². The zero-order valence-corrected chi connectivity index (χ0v) is 4.78. The quantitative estimate of drug-likeness (QED) is 0.293. The molecule has 2 N–H and O–H groups in total. The van der Waals surface area contributed by atoms with Gasteiger partial charge >= 0.3 is 0 Å². The van der Waals surface area contributed by atoms with Crippen LogP contribution in [0.1, 0.15) is 0 Å². The van der Waals surface area contributed by atoms with Crippen LogP contribution in [0.3, 0.4) is 0 Å². The van der Waals surface area contributed by atoms with Crippen molar-refractivity contribution in [2.45, 2.75) is 0 Å². The lowest BCUT2D eigenvalue weighted by molar-refractivity contribution is 0.322. The molecule has 0 bridgehead atoms. The van der Waals surface area contributed by atoms with Crippen molar-refractivity contribution in [3.05, 3.63) is 12.3 Å². The Bertz CT molecular complexity index is 167. The van der Waals surface area contributed by atoms with E-state index in [2.05, 4.69) is 15.5 Å². The van der Waals surface area contributed by atoms with Gasteiger partial charge in [-0.25, -0.2) is 0 Å². The van der Waals surface area contributed by atoms with E-state index in [0.29, 0.717) is 12.4 Å². The number of hydrogen-bond donors (Lipinski definition) is 2. The van der Waals surface area contributed by atoms with E-state index in [-0.39, 0.29) is 0 Å². The molecule has 0 atom stereocenters. The third-order valence-corrected chi connectivity index (χ3v) is 0.915. The fraction of sp³-hybridized carbons (Fsp3) is 0.200. The summed E-state index contributed by atoms with van der Waals surface area (Å²) < 4.78 is 0. The van der Waals surface area contributed by atoms with Gasteiger partial charge in [0.2, 0.25) is 0 Å². The summed E-state index contributed by atoms with van der Waals surface area (Å²) in [6.45, 7) is 0.553. The maximum absolute atomic E-state index is 8.05. The second-order valence-electron chi connectivity index (χ2n) is 1.52. The molecule has 1 aliphatic rings. The first-order valence-corrected chi connectivity index (χ1v) is 2.55. The van der Waals surface area contributed by atoms with Crippen LogP contribution in [0.4, 0.5) is 0 Å². The normalized spacial score (nSPS) is 17.6. The van der Waals surface area contributed by atoms with Crippen LogP contribution in [0.15, 0.2) is 22.4 Å². The van der Waals surface area contributed by atoms with Gasteiger partial charge in [0.05, 0.1) is 11.9 Å². The van der Waals surface area contributed by atoms with E-state index >= 15 is 0 Å². The van der Waals surface area contributed by atoms with Crippen LogP contribution in [0.25, 0.3) is 0 Å². The van der Waals surface area contributed by atoms with Gasteiger partial charge in [-0.1, -0.05) is 5.16 Å². The predicted molar refractivity (Wildman–Crippen MR) is 34.9 cm³/mol. The fourth-order valence-corrected chi connectivity index (χ4v) is 0.530. The number of oxime groups is 1. The monoisotopic (exact) mass is 125 g/mol. The molecule has 4 heteroatoms. The van der Waals surface area contributed by atoms with Crippen molar-refractivity contribution in [3.8, 4) is 0 Å². The first-order valence-electron chi connectivity index (χ1n) is 2.55. The van der Waals surface area contributed by atoms with Crippen molar-refractivity contribution in [2.75, 3.05) is 6.67 Å². The van der Waals surface area contributed by atoms with Crippen LogP contribution in [0.2, 0.25) is 0 Å². The van der Waals surface area contributed by atoms with Gasteiger partial charge in [0.15, 0.2) is 0 Å². The molecular formula is C5H7N3O. The first-order chi connectivity index (χ1) is 4.43. The molecule has 9 heavy (non-hydrogen) atoms. The minimum Gasteiger partial charge on any atom is -0.411 e. The van der Waals surface area contributed by atoms with Crippen LogP contribution in [-0.2, 0) is 0 Å². The van der Waals surface area contributed by atoms with Crippen molar-refractivity contribution in [1.82, 2.24) is 5.32 Å². The van der Waals surface area contributed by atoms with Crippen molar-refractivity contribution in [3.63, 3.8) is 0 Å². The summed E-state index contributed by atoms with van der Waals surface area (Å²) in [7, 11) is 0. The van der Waals surface area contributed by atoms with E-state index in [4.69, 9.17) is 5.21 Å². The summed E-state index contributed by atoms with van der Waals surface area (Å²) in [5, 5.41) is 13.7. The lowest BCUT2D eigenvalue weighted by atomic mass is 10.4. The third kappa shape index (κ3) is 1.56. The smallest absolute Gasteiger partial charge is 0.108 e. The maximum atomic E-state index is 8.05. The van der Waals surface area contributed by atoms with Crippen LogP contribution in [-0.4, -0.2) is 23.8 Å². The Morgan fingerprint density at radius 2 is 2.78 bits per heavy atom. The molecule has 0 fully saturated rings. The highest BCUT2D eigenvalue weighted by molar-refractivity contribution is 6.35. The molecule has 1 heterocycles. The van der Waals surface area contributed by atoms with E-state index in [1.807, 2.05) is 0 Å². The van der Waals surface area contributed by atoms with E-state index < -0.39 is 0 Å². The van der Waals surface area contributed by atoms with Gasteiger partial charge in [-0.15, -0.1) is 0 Å². The average Bonchev–Trinajstić information content (AvgIpc) is 1.91. The largest absolute Gasteiger partial charge is 0.411 e. The SMILES string of the molecule is ON=CC1=NCNC=C1. The minimum absolute atomic E-state index is 0.553. The Kier molecular flexibility index (Phi) is 1.85. The Morgan fingerprint density at radius 1 is 1.89 bits per heavy atom. The Morgan fingerprint density at radius 3 is 3.33 bits per heavy atom. The van der Waals surface area contributed by atoms with Crippen molar-refractivity contribution >= 4 is 11.9 Å². The van der Waals surface area contributed by atoms with Crippen molar-refractivity contribution in [2.24, 2.45) is 10.1 Å². The second-order valence-corrected chi connectivity index (χ2v) is 1.52. The number of allylic oxidation sites excluding steroid dienone is 1. The average molecular weight is 125 g/mol. The molecule has 0 saturated heterocycles. The van der Waals surface area contributed by atoms with E-state index in [1.54, 1.807) is 12.3 Å². The Balaban J connectivity index is 2.58. The van der Waals surface area contributed by atoms with E-state index in [0.717, 1.165) is 0 Å². The highest BCUT2D eigenvalue weighted by Gasteiger charge is 1.91. The molecule has 0 amide bonds. The number of nitrogens with zero attached hydrogens (tertiary/aromatic N) is 2. The second kappa shape index (κ2) is 2.86. The van der Waals surface area contributed by atoms with Gasteiger partial charge in [0.1, 0.15) is 6.67 Å². The predicted octanol–water partition coefficient (Wildman–Crippen LogP) is -0.0382. The summed E-state index contributed by atoms with van der Waals surface area (Å²) in [6, 6.07) is 0. The lowest BCUT2D eigenvalue weighted by Gasteiger charge is -2.00. The van der Waals surface area contributed by atoms with Crippen LogP contribution in [0, 0.1) is 0 Å². The summed E-state index contributed by atoms with van der Waals surface area (Å²) >= 11 is 0. The Hall–Kier alpha value is -1.32.